The fraction of sp³-hybridized carbons (Fsp3) is 0.538. The number of ether oxygens (including phenoxy) is 2. The maximum absolute atomic E-state index is 5.64. The van der Waals surface area contributed by atoms with Crippen LogP contribution in [0.1, 0.15) is 35.3 Å². The van der Waals surface area contributed by atoms with Gasteiger partial charge in [0, 0.05) is 30.8 Å². The Hall–Kier alpha value is -1.40. The Bertz CT molecular complexity index is 538. The van der Waals surface area contributed by atoms with Gasteiger partial charge in [0.25, 0.3) is 0 Å². The summed E-state index contributed by atoms with van der Waals surface area (Å²) < 4.78 is 13.1. The molecular formula is C13H17N3O2S. The minimum atomic E-state index is 0.191. The van der Waals surface area contributed by atoms with E-state index >= 15 is 0 Å². The smallest absolute Gasteiger partial charge is 0.233 e. The highest BCUT2D eigenvalue weighted by Gasteiger charge is 2.20. The molecule has 1 atom stereocenters. The number of thiazole rings is 1. The fourth-order valence-corrected chi connectivity index (χ4v) is 2.94. The first-order valence-corrected chi connectivity index (χ1v) is 7.29. The number of hydrogen-bond acceptors (Lipinski definition) is 5. The van der Waals surface area contributed by atoms with E-state index in [2.05, 4.69) is 10.1 Å². The molecule has 0 bridgehead atoms. The van der Waals surface area contributed by atoms with Crippen molar-refractivity contribution in [2.75, 3.05) is 6.61 Å². The maximum atomic E-state index is 5.64. The molecule has 0 unspecified atom stereocenters. The van der Waals surface area contributed by atoms with Crippen molar-refractivity contribution in [1.82, 2.24) is 14.8 Å². The lowest BCUT2D eigenvalue weighted by molar-refractivity contribution is 0.111. The van der Waals surface area contributed by atoms with Crippen LogP contribution in [0.5, 0.6) is 5.88 Å². The van der Waals surface area contributed by atoms with Gasteiger partial charge >= 0.3 is 0 Å². The highest BCUT2D eigenvalue weighted by molar-refractivity contribution is 7.09. The molecule has 5 nitrogen and oxygen atoms in total. The molecule has 0 spiro atoms. The van der Waals surface area contributed by atoms with E-state index in [1.807, 2.05) is 25.4 Å². The molecule has 0 aromatic carbocycles. The van der Waals surface area contributed by atoms with E-state index in [0.717, 1.165) is 35.8 Å². The minimum absolute atomic E-state index is 0.191. The van der Waals surface area contributed by atoms with Gasteiger partial charge in [-0.1, -0.05) is 0 Å². The van der Waals surface area contributed by atoms with E-state index < -0.39 is 0 Å². The first-order chi connectivity index (χ1) is 9.22. The normalized spacial score (nSPS) is 18.9. The summed E-state index contributed by atoms with van der Waals surface area (Å²) in [6.07, 6.45) is 2.40. The zero-order valence-corrected chi connectivity index (χ0v) is 11.9. The second-order valence-corrected chi connectivity index (χ2v) is 5.60. The summed E-state index contributed by atoms with van der Waals surface area (Å²) in [7, 11) is 1.90. The Morgan fingerprint density at radius 1 is 1.58 bits per heavy atom. The van der Waals surface area contributed by atoms with Crippen molar-refractivity contribution in [3.8, 4) is 5.88 Å². The van der Waals surface area contributed by atoms with E-state index in [1.165, 1.54) is 0 Å². The standard InChI is InChI=1S/C13H17N3O2S/c1-9-6-12(15-16(9)2)18-7-10-8-19-13(14-10)11-4-3-5-17-11/h6,8,11H,3-5,7H2,1-2H3/t11-/m1/s1. The predicted molar refractivity (Wildman–Crippen MR) is 72.3 cm³/mol. The molecule has 3 heterocycles. The SMILES string of the molecule is Cc1cc(OCc2csc([C@H]3CCCO3)n2)nn1C. The van der Waals surface area contributed by atoms with Crippen LogP contribution in [0.15, 0.2) is 11.4 Å². The molecule has 1 saturated heterocycles. The molecule has 3 rings (SSSR count). The third-order valence-electron chi connectivity index (χ3n) is 3.23. The summed E-state index contributed by atoms with van der Waals surface area (Å²) in [6, 6.07) is 1.92. The Kier molecular flexibility index (Phi) is 3.52. The summed E-state index contributed by atoms with van der Waals surface area (Å²) >= 11 is 1.65. The van der Waals surface area contributed by atoms with Gasteiger partial charge in [-0.25, -0.2) is 4.98 Å². The van der Waals surface area contributed by atoms with Gasteiger partial charge in [0.05, 0.1) is 5.69 Å². The van der Waals surface area contributed by atoms with Crippen molar-refractivity contribution in [3.63, 3.8) is 0 Å². The van der Waals surface area contributed by atoms with Gasteiger partial charge in [0.15, 0.2) is 0 Å². The largest absolute Gasteiger partial charge is 0.470 e. The lowest BCUT2D eigenvalue weighted by atomic mass is 10.2. The number of nitrogens with zero attached hydrogens (tertiary/aromatic N) is 3. The molecule has 1 fully saturated rings. The van der Waals surface area contributed by atoms with E-state index in [9.17, 15) is 0 Å². The Morgan fingerprint density at radius 3 is 3.16 bits per heavy atom. The molecule has 2 aromatic rings. The van der Waals surface area contributed by atoms with Gasteiger partial charge in [-0.15, -0.1) is 16.4 Å². The monoisotopic (exact) mass is 279 g/mol. The minimum Gasteiger partial charge on any atom is -0.470 e. The van der Waals surface area contributed by atoms with Crippen molar-refractivity contribution in [1.29, 1.82) is 0 Å². The van der Waals surface area contributed by atoms with Gasteiger partial charge in [0.2, 0.25) is 5.88 Å². The molecule has 102 valence electrons. The quantitative estimate of drug-likeness (QED) is 0.863. The molecule has 0 saturated carbocycles. The van der Waals surface area contributed by atoms with Crippen LogP contribution in [0, 0.1) is 6.92 Å². The Morgan fingerprint density at radius 2 is 2.47 bits per heavy atom. The second kappa shape index (κ2) is 5.30. The van der Waals surface area contributed by atoms with Crippen LogP contribution in [0.3, 0.4) is 0 Å². The van der Waals surface area contributed by atoms with Gasteiger partial charge < -0.3 is 9.47 Å². The Labute approximate surface area is 116 Å². The van der Waals surface area contributed by atoms with E-state index in [4.69, 9.17) is 9.47 Å². The summed E-state index contributed by atoms with van der Waals surface area (Å²) in [5, 5.41) is 7.35. The average Bonchev–Trinajstić information content (AvgIpc) is 3.09. The third kappa shape index (κ3) is 2.79. The molecule has 1 aliphatic heterocycles. The number of aromatic nitrogens is 3. The predicted octanol–water partition coefficient (Wildman–Crippen LogP) is 2.62. The fourth-order valence-electron chi connectivity index (χ4n) is 2.06. The molecule has 19 heavy (non-hydrogen) atoms. The molecule has 1 aliphatic rings. The van der Waals surface area contributed by atoms with Gasteiger partial charge in [0.1, 0.15) is 17.7 Å². The van der Waals surface area contributed by atoms with Gasteiger partial charge in [-0.3, -0.25) is 4.68 Å². The molecule has 0 radical (unpaired) electrons. The average molecular weight is 279 g/mol. The van der Waals surface area contributed by atoms with Crippen LogP contribution in [-0.4, -0.2) is 21.4 Å². The zero-order chi connectivity index (χ0) is 13.2. The first kappa shape index (κ1) is 12.6. The lowest BCUT2D eigenvalue weighted by Gasteiger charge is -2.03. The highest BCUT2D eigenvalue weighted by atomic mass is 32.1. The summed E-state index contributed by atoms with van der Waals surface area (Å²) in [6.45, 7) is 3.31. The second-order valence-electron chi connectivity index (χ2n) is 4.71. The van der Waals surface area contributed by atoms with Crippen molar-refractivity contribution in [2.45, 2.75) is 32.5 Å². The van der Waals surface area contributed by atoms with E-state index in [1.54, 1.807) is 16.0 Å². The molecule has 0 amide bonds. The number of aryl methyl sites for hydroxylation is 2. The number of rotatable bonds is 4. The third-order valence-corrected chi connectivity index (χ3v) is 4.22. The Balaban J connectivity index is 1.60. The summed E-state index contributed by atoms with van der Waals surface area (Å²) in [5.74, 6) is 0.645. The van der Waals surface area contributed by atoms with Crippen molar-refractivity contribution in [2.24, 2.45) is 7.05 Å². The molecule has 6 heteroatoms. The topological polar surface area (TPSA) is 49.2 Å². The van der Waals surface area contributed by atoms with Gasteiger partial charge in [-0.05, 0) is 19.8 Å². The van der Waals surface area contributed by atoms with Crippen LogP contribution in [0.4, 0.5) is 0 Å². The first-order valence-electron chi connectivity index (χ1n) is 6.42. The van der Waals surface area contributed by atoms with Crippen molar-refractivity contribution in [3.05, 3.63) is 27.8 Å². The summed E-state index contributed by atoms with van der Waals surface area (Å²) in [5.41, 5.74) is 2.02. The molecular weight excluding hydrogens is 262 g/mol. The number of hydrogen-bond donors (Lipinski definition) is 0. The van der Waals surface area contributed by atoms with Crippen LogP contribution in [0.2, 0.25) is 0 Å². The van der Waals surface area contributed by atoms with E-state index in [0.29, 0.717) is 12.5 Å². The maximum Gasteiger partial charge on any atom is 0.233 e. The van der Waals surface area contributed by atoms with E-state index in [-0.39, 0.29) is 6.10 Å². The van der Waals surface area contributed by atoms with Crippen LogP contribution < -0.4 is 4.74 Å². The van der Waals surface area contributed by atoms with Gasteiger partial charge in [-0.2, -0.15) is 0 Å². The van der Waals surface area contributed by atoms with Crippen LogP contribution >= 0.6 is 11.3 Å². The van der Waals surface area contributed by atoms with Crippen molar-refractivity contribution < 1.29 is 9.47 Å². The van der Waals surface area contributed by atoms with Crippen LogP contribution in [0.25, 0.3) is 0 Å². The molecule has 0 N–H and O–H groups in total. The van der Waals surface area contributed by atoms with Crippen molar-refractivity contribution >= 4 is 11.3 Å². The molecule has 0 aliphatic carbocycles. The summed E-state index contributed by atoms with van der Waals surface area (Å²) in [4.78, 5) is 4.57. The zero-order valence-electron chi connectivity index (χ0n) is 11.1. The molecule has 2 aromatic heterocycles. The lowest BCUT2D eigenvalue weighted by Crippen LogP contribution is -1.99. The highest BCUT2D eigenvalue weighted by Crippen LogP contribution is 2.30. The van der Waals surface area contributed by atoms with Crippen LogP contribution in [-0.2, 0) is 18.4 Å².